The lowest BCUT2D eigenvalue weighted by atomic mass is 9.90. The van der Waals surface area contributed by atoms with Crippen LogP contribution in [0.5, 0.6) is 0 Å². The average Bonchev–Trinajstić information content (AvgIpc) is 3.30. The highest BCUT2D eigenvalue weighted by molar-refractivity contribution is 9.10. The minimum absolute atomic E-state index is 0.119. The fraction of sp³-hybridized carbons (Fsp3) is 0.130. The largest absolute Gasteiger partial charge is 0.273 e. The number of benzene rings is 3. The van der Waals surface area contributed by atoms with E-state index in [1.165, 1.54) is 24.3 Å². The number of hydrogen-bond donors (Lipinski definition) is 0. The fourth-order valence-electron chi connectivity index (χ4n) is 4.22. The number of carbonyl (C=O) groups excluding carboxylic acids is 2. The predicted molar refractivity (Wildman–Crippen MR) is 120 cm³/mol. The maximum absolute atomic E-state index is 13.5. The fourth-order valence-corrected chi connectivity index (χ4v) is 4.64. The van der Waals surface area contributed by atoms with E-state index in [0.29, 0.717) is 0 Å². The van der Waals surface area contributed by atoms with Crippen molar-refractivity contribution in [3.05, 3.63) is 99.0 Å². The van der Waals surface area contributed by atoms with Gasteiger partial charge < -0.3 is 0 Å². The summed E-state index contributed by atoms with van der Waals surface area (Å²) in [4.78, 5) is 44.3. The van der Waals surface area contributed by atoms with Crippen molar-refractivity contribution in [3.63, 3.8) is 0 Å². The summed E-state index contributed by atoms with van der Waals surface area (Å²) < 4.78 is 0.843. The summed E-state index contributed by atoms with van der Waals surface area (Å²) in [5.41, 5.74) is 1.71. The third-order valence-corrected chi connectivity index (χ3v) is 6.13. The SMILES string of the molecule is O=C1C2ON(c3ccccc3)C(c3cccc(Br)c3)C2C(=O)N1c1ccc([N+](=O)[O-])cc1. The van der Waals surface area contributed by atoms with E-state index < -0.39 is 34.8 Å². The third-order valence-electron chi connectivity index (χ3n) is 5.64. The number of rotatable bonds is 4. The van der Waals surface area contributed by atoms with Crippen LogP contribution in [0.25, 0.3) is 0 Å². The Morgan fingerprint density at radius 2 is 1.59 bits per heavy atom. The second-order valence-electron chi connectivity index (χ2n) is 7.50. The van der Waals surface area contributed by atoms with E-state index in [0.717, 1.165) is 20.6 Å². The van der Waals surface area contributed by atoms with Crippen LogP contribution in [0.15, 0.2) is 83.3 Å². The molecule has 2 heterocycles. The van der Waals surface area contributed by atoms with Crippen molar-refractivity contribution in [1.29, 1.82) is 0 Å². The number of anilines is 2. The number of imide groups is 1. The molecule has 5 rings (SSSR count). The van der Waals surface area contributed by atoms with Crippen LogP contribution in [-0.2, 0) is 14.4 Å². The number of fused-ring (bicyclic) bond motifs is 1. The van der Waals surface area contributed by atoms with Crippen LogP contribution in [0.1, 0.15) is 11.6 Å². The van der Waals surface area contributed by atoms with Crippen LogP contribution in [-0.4, -0.2) is 22.8 Å². The van der Waals surface area contributed by atoms with E-state index in [9.17, 15) is 19.7 Å². The predicted octanol–water partition coefficient (Wildman–Crippen LogP) is 4.41. The highest BCUT2D eigenvalue weighted by Gasteiger charge is 2.60. The number of hydrogen-bond acceptors (Lipinski definition) is 6. The van der Waals surface area contributed by atoms with Crippen molar-refractivity contribution in [2.24, 2.45) is 5.92 Å². The zero-order chi connectivity index (χ0) is 22.4. The average molecular weight is 494 g/mol. The second-order valence-corrected chi connectivity index (χ2v) is 8.41. The molecule has 0 bridgehead atoms. The zero-order valence-electron chi connectivity index (χ0n) is 16.5. The van der Waals surface area contributed by atoms with Crippen molar-refractivity contribution >= 4 is 44.8 Å². The molecule has 2 amide bonds. The van der Waals surface area contributed by atoms with Gasteiger partial charge in [0.1, 0.15) is 5.92 Å². The van der Waals surface area contributed by atoms with Gasteiger partial charge in [0.15, 0.2) is 6.10 Å². The third kappa shape index (κ3) is 3.26. The van der Waals surface area contributed by atoms with Gasteiger partial charge in [-0.15, -0.1) is 0 Å². The molecule has 0 aromatic heterocycles. The summed E-state index contributed by atoms with van der Waals surface area (Å²) in [6.45, 7) is 0. The molecule has 3 aromatic carbocycles. The quantitative estimate of drug-likeness (QED) is 0.303. The van der Waals surface area contributed by atoms with Crippen LogP contribution in [0.3, 0.4) is 0 Å². The molecular formula is C23H16BrN3O5. The maximum Gasteiger partial charge on any atom is 0.269 e. The molecule has 0 radical (unpaired) electrons. The van der Waals surface area contributed by atoms with Gasteiger partial charge in [0.2, 0.25) is 5.91 Å². The van der Waals surface area contributed by atoms with Gasteiger partial charge in [0.05, 0.1) is 22.3 Å². The molecular weight excluding hydrogens is 478 g/mol. The first-order chi connectivity index (χ1) is 15.5. The van der Waals surface area contributed by atoms with Crippen LogP contribution in [0, 0.1) is 16.0 Å². The minimum atomic E-state index is -0.998. The van der Waals surface area contributed by atoms with Crippen LogP contribution in [0.2, 0.25) is 0 Å². The van der Waals surface area contributed by atoms with Crippen LogP contribution >= 0.6 is 15.9 Å². The molecule has 0 N–H and O–H groups in total. The van der Waals surface area contributed by atoms with Gasteiger partial charge in [-0.05, 0) is 42.0 Å². The summed E-state index contributed by atoms with van der Waals surface area (Å²) in [6.07, 6.45) is -0.998. The summed E-state index contributed by atoms with van der Waals surface area (Å²) in [6, 6.07) is 21.7. The zero-order valence-corrected chi connectivity index (χ0v) is 18.1. The summed E-state index contributed by atoms with van der Waals surface area (Å²) >= 11 is 3.48. The number of carbonyl (C=O) groups is 2. The Morgan fingerprint density at radius 1 is 0.875 bits per heavy atom. The van der Waals surface area contributed by atoms with Crippen molar-refractivity contribution in [1.82, 2.24) is 0 Å². The van der Waals surface area contributed by atoms with Crippen molar-refractivity contribution in [2.45, 2.75) is 12.1 Å². The Balaban J connectivity index is 1.56. The number of halogens is 1. The lowest BCUT2D eigenvalue weighted by Gasteiger charge is -2.28. The molecule has 2 aliphatic heterocycles. The molecule has 0 aliphatic carbocycles. The number of non-ortho nitro benzene ring substituents is 1. The Hall–Kier alpha value is -3.56. The molecule has 3 unspecified atom stereocenters. The molecule has 3 atom stereocenters. The summed E-state index contributed by atoms with van der Waals surface area (Å²) in [7, 11) is 0. The number of nitro benzene ring substituents is 1. The maximum atomic E-state index is 13.5. The Labute approximate surface area is 191 Å². The molecule has 3 aromatic rings. The van der Waals surface area contributed by atoms with Crippen LogP contribution < -0.4 is 9.96 Å². The lowest BCUT2D eigenvalue weighted by molar-refractivity contribution is -0.384. The monoisotopic (exact) mass is 493 g/mol. The van der Waals surface area contributed by atoms with E-state index in [-0.39, 0.29) is 11.4 Å². The van der Waals surface area contributed by atoms with E-state index in [2.05, 4.69) is 15.9 Å². The van der Waals surface area contributed by atoms with Crippen LogP contribution in [0.4, 0.5) is 17.1 Å². The minimum Gasteiger partial charge on any atom is -0.273 e. The first-order valence-corrected chi connectivity index (χ1v) is 10.6. The summed E-state index contributed by atoms with van der Waals surface area (Å²) in [5, 5.41) is 12.6. The molecule has 0 spiro atoms. The van der Waals surface area contributed by atoms with E-state index in [4.69, 9.17) is 4.84 Å². The number of amides is 2. The first-order valence-electron chi connectivity index (χ1n) is 9.84. The molecule has 2 aliphatic rings. The molecule has 160 valence electrons. The lowest BCUT2D eigenvalue weighted by Crippen LogP contribution is -2.37. The topological polar surface area (TPSA) is 93.0 Å². The molecule has 32 heavy (non-hydrogen) atoms. The second kappa shape index (κ2) is 7.85. The number of nitro groups is 1. The number of nitrogens with zero attached hydrogens (tertiary/aromatic N) is 3. The standard InChI is InChI=1S/C23H16BrN3O5/c24-15-6-4-5-14(13-15)20-19-21(32-26(20)17-7-2-1-3-8-17)23(29)25(22(19)28)16-9-11-18(12-10-16)27(30)31/h1-13,19-21H. The van der Waals surface area contributed by atoms with E-state index >= 15 is 0 Å². The molecule has 2 saturated heterocycles. The number of para-hydroxylation sites is 1. The molecule has 8 nitrogen and oxygen atoms in total. The Bertz CT molecular complexity index is 1220. The first kappa shape index (κ1) is 20.3. The normalized spacial score (nSPS) is 22.3. The van der Waals surface area contributed by atoms with Gasteiger partial charge >= 0.3 is 0 Å². The van der Waals surface area contributed by atoms with Crippen molar-refractivity contribution in [3.8, 4) is 0 Å². The summed E-state index contributed by atoms with van der Waals surface area (Å²) in [5.74, 6) is -1.67. The van der Waals surface area contributed by atoms with Gasteiger partial charge in [-0.25, -0.2) is 9.96 Å². The highest BCUT2D eigenvalue weighted by Crippen LogP contribution is 2.47. The Kier molecular flexibility index (Phi) is 4.99. The highest BCUT2D eigenvalue weighted by atomic mass is 79.9. The van der Waals surface area contributed by atoms with Crippen molar-refractivity contribution < 1.29 is 19.3 Å². The smallest absolute Gasteiger partial charge is 0.269 e. The van der Waals surface area contributed by atoms with Gasteiger partial charge in [-0.1, -0.05) is 46.3 Å². The number of hydroxylamine groups is 1. The van der Waals surface area contributed by atoms with Crippen molar-refractivity contribution in [2.75, 3.05) is 9.96 Å². The van der Waals surface area contributed by atoms with E-state index in [1.807, 2.05) is 54.6 Å². The van der Waals surface area contributed by atoms with Gasteiger partial charge in [0, 0.05) is 16.6 Å². The van der Waals surface area contributed by atoms with Gasteiger partial charge in [-0.3, -0.25) is 24.5 Å². The van der Waals surface area contributed by atoms with Gasteiger partial charge in [-0.2, -0.15) is 0 Å². The molecule has 2 fully saturated rings. The van der Waals surface area contributed by atoms with Gasteiger partial charge in [0.25, 0.3) is 11.6 Å². The molecule has 0 saturated carbocycles. The molecule has 9 heteroatoms. The Morgan fingerprint density at radius 3 is 2.25 bits per heavy atom. The van der Waals surface area contributed by atoms with E-state index in [1.54, 1.807) is 5.06 Å².